The number of hydrogen-bond donors (Lipinski definition) is 4. The van der Waals surface area contributed by atoms with E-state index in [-0.39, 0.29) is 43.1 Å². The molecule has 0 unspecified atom stereocenters. The van der Waals surface area contributed by atoms with Crippen molar-refractivity contribution in [3.8, 4) is 0 Å². The zero-order chi connectivity index (χ0) is 28.6. The van der Waals surface area contributed by atoms with Gasteiger partial charge in [-0.15, -0.1) is 11.8 Å². The molecule has 3 aromatic carbocycles. The highest BCUT2D eigenvalue weighted by Gasteiger charge is 2.38. The first-order valence-electron chi connectivity index (χ1n) is 12.8. The minimum Gasteiger partial charge on any atom is -0.481 e. The van der Waals surface area contributed by atoms with Gasteiger partial charge in [-0.25, -0.2) is 4.79 Å². The molecular formula is C30H31NO8S. The number of aliphatic hydroxyl groups excluding tert-OH is 1. The van der Waals surface area contributed by atoms with Crippen molar-refractivity contribution in [1.82, 2.24) is 0 Å². The van der Waals surface area contributed by atoms with Gasteiger partial charge in [-0.1, -0.05) is 55.5 Å². The second-order valence-electron chi connectivity index (χ2n) is 9.50. The molecule has 0 bridgehead atoms. The van der Waals surface area contributed by atoms with E-state index >= 15 is 0 Å². The third-order valence-electron chi connectivity index (χ3n) is 6.65. The second kappa shape index (κ2) is 13.6. The second-order valence-corrected chi connectivity index (χ2v) is 10.6. The molecule has 1 amide bonds. The number of carbonyl (C=O) groups is 3. The van der Waals surface area contributed by atoms with Crippen LogP contribution in [0.2, 0.25) is 0 Å². The molecule has 1 heterocycles. The topological polar surface area (TPSA) is 142 Å². The van der Waals surface area contributed by atoms with E-state index in [1.54, 1.807) is 42.5 Å². The average molecular weight is 566 g/mol. The smallest absolute Gasteiger partial charge is 0.336 e. The van der Waals surface area contributed by atoms with Crippen LogP contribution in [0.1, 0.15) is 59.2 Å². The molecule has 3 aromatic rings. The Balaban J connectivity index is 1.58. The number of nitrogens with one attached hydrogen (secondary N) is 1. The summed E-state index contributed by atoms with van der Waals surface area (Å²) >= 11 is 1.41. The molecule has 1 aliphatic heterocycles. The van der Waals surface area contributed by atoms with Crippen LogP contribution in [-0.2, 0) is 25.7 Å². The number of hydrogen-bond acceptors (Lipinski definition) is 7. The Morgan fingerprint density at radius 1 is 0.900 bits per heavy atom. The van der Waals surface area contributed by atoms with Crippen molar-refractivity contribution in [3.63, 3.8) is 0 Å². The molecule has 4 atom stereocenters. The quantitative estimate of drug-likeness (QED) is 0.229. The lowest BCUT2D eigenvalue weighted by Crippen LogP contribution is -2.38. The van der Waals surface area contributed by atoms with Gasteiger partial charge >= 0.3 is 11.9 Å². The summed E-state index contributed by atoms with van der Waals surface area (Å²) in [4.78, 5) is 35.3. The predicted octanol–water partition coefficient (Wildman–Crippen LogP) is 5.26. The number of amides is 1. The van der Waals surface area contributed by atoms with Crippen LogP contribution in [0.5, 0.6) is 0 Å². The number of ether oxygens (including phenoxy) is 2. The number of aromatic carboxylic acids is 1. The Morgan fingerprint density at radius 3 is 2.35 bits per heavy atom. The van der Waals surface area contributed by atoms with Crippen molar-refractivity contribution in [1.29, 1.82) is 0 Å². The molecule has 0 radical (unpaired) electrons. The van der Waals surface area contributed by atoms with Crippen molar-refractivity contribution in [2.24, 2.45) is 5.92 Å². The van der Waals surface area contributed by atoms with Gasteiger partial charge in [-0.2, -0.15) is 0 Å². The highest BCUT2D eigenvalue weighted by Crippen LogP contribution is 2.43. The van der Waals surface area contributed by atoms with Crippen LogP contribution in [0.15, 0.2) is 77.7 Å². The fourth-order valence-corrected chi connectivity index (χ4v) is 5.67. The molecule has 210 valence electrons. The summed E-state index contributed by atoms with van der Waals surface area (Å²) in [5, 5.41) is 30.6. The van der Waals surface area contributed by atoms with Crippen LogP contribution in [0.3, 0.4) is 0 Å². The average Bonchev–Trinajstić information content (AvgIpc) is 2.96. The molecule has 1 saturated heterocycles. The largest absolute Gasteiger partial charge is 0.481 e. The maximum atomic E-state index is 12.2. The minimum atomic E-state index is -1.05. The van der Waals surface area contributed by atoms with E-state index in [0.717, 1.165) is 11.1 Å². The predicted molar refractivity (Wildman–Crippen MR) is 149 cm³/mol. The van der Waals surface area contributed by atoms with Gasteiger partial charge in [0.2, 0.25) is 5.91 Å². The van der Waals surface area contributed by atoms with E-state index < -0.39 is 24.1 Å². The number of thioether (sulfide) groups is 1. The molecule has 40 heavy (non-hydrogen) atoms. The molecule has 9 nitrogen and oxygen atoms in total. The Bertz CT molecular complexity index is 1350. The van der Waals surface area contributed by atoms with Crippen LogP contribution < -0.4 is 5.32 Å². The maximum absolute atomic E-state index is 12.2. The molecule has 1 aliphatic rings. The summed E-state index contributed by atoms with van der Waals surface area (Å²) in [5.74, 6) is -2.07. The highest BCUT2D eigenvalue weighted by atomic mass is 32.2. The molecule has 0 saturated carbocycles. The van der Waals surface area contributed by atoms with Gasteiger partial charge in [0.25, 0.3) is 0 Å². The first-order chi connectivity index (χ1) is 19.2. The van der Waals surface area contributed by atoms with Crippen molar-refractivity contribution < 1.29 is 39.2 Å². The van der Waals surface area contributed by atoms with Crippen LogP contribution in [0, 0.1) is 5.92 Å². The van der Waals surface area contributed by atoms with Gasteiger partial charge in [-0.3, -0.25) is 9.59 Å². The van der Waals surface area contributed by atoms with Crippen LogP contribution >= 0.6 is 11.8 Å². The standard InChI is InChI=1S/C30H31NO8S/c1-18-24(17-40-25-8-3-2-7-23(25)29(36)37)38-30(39-28(18)20-11-9-19(16-32)10-12-20)21-5-4-6-22(15-21)31-26(33)13-14-27(34)35/h2-12,15,18,24,28,30,32H,13-14,16-17H2,1H3,(H,31,33)(H,34,35)(H,36,37)/t18-,24+,28+,30+/m0/s1. The van der Waals surface area contributed by atoms with Gasteiger partial charge in [-0.05, 0) is 35.4 Å². The van der Waals surface area contributed by atoms with Crippen molar-refractivity contribution in [2.45, 2.75) is 49.8 Å². The van der Waals surface area contributed by atoms with Crippen molar-refractivity contribution in [2.75, 3.05) is 11.1 Å². The summed E-state index contributed by atoms with van der Waals surface area (Å²) in [6, 6.07) is 21.4. The lowest BCUT2D eigenvalue weighted by atomic mass is 9.91. The van der Waals surface area contributed by atoms with E-state index in [2.05, 4.69) is 5.32 Å². The number of rotatable bonds is 11. The zero-order valence-corrected chi connectivity index (χ0v) is 22.7. The Morgan fingerprint density at radius 2 is 1.65 bits per heavy atom. The third kappa shape index (κ3) is 7.48. The van der Waals surface area contributed by atoms with Gasteiger partial charge in [0.15, 0.2) is 6.29 Å². The Kier molecular flexibility index (Phi) is 9.94. The maximum Gasteiger partial charge on any atom is 0.336 e. The number of carboxylic acids is 2. The molecule has 0 spiro atoms. The lowest BCUT2D eigenvalue weighted by molar-refractivity contribution is -0.268. The molecule has 1 fully saturated rings. The molecule has 0 aliphatic carbocycles. The number of aliphatic hydroxyl groups is 1. The monoisotopic (exact) mass is 565 g/mol. The summed E-state index contributed by atoms with van der Waals surface area (Å²) in [6.45, 7) is 1.95. The van der Waals surface area contributed by atoms with Crippen LogP contribution in [-0.4, -0.2) is 45.0 Å². The number of aliphatic carboxylic acids is 1. The van der Waals surface area contributed by atoms with E-state index in [9.17, 15) is 24.6 Å². The Labute approximate surface area is 236 Å². The van der Waals surface area contributed by atoms with E-state index in [1.807, 2.05) is 37.3 Å². The third-order valence-corrected chi connectivity index (χ3v) is 7.81. The molecular weight excluding hydrogens is 534 g/mol. The summed E-state index contributed by atoms with van der Waals surface area (Å²) in [5.41, 5.74) is 3.08. The van der Waals surface area contributed by atoms with Crippen molar-refractivity contribution >= 4 is 35.3 Å². The molecule has 0 aromatic heterocycles. The number of carbonyl (C=O) groups excluding carboxylic acids is 1. The molecule has 4 rings (SSSR count). The van der Waals surface area contributed by atoms with E-state index in [4.69, 9.17) is 14.6 Å². The van der Waals surface area contributed by atoms with Crippen LogP contribution in [0.4, 0.5) is 5.69 Å². The first kappa shape index (κ1) is 29.3. The molecule has 10 heteroatoms. The van der Waals surface area contributed by atoms with Crippen LogP contribution in [0.25, 0.3) is 0 Å². The number of carboxylic acid groups (broad SMARTS) is 2. The summed E-state index contributed by atoms with van der Waals surface area (Å²) in [7, 11) is 0. The van der Waals surface area contributed by atoms with Gasteiger partial charge < -0.3 is 30.1 Å². The summed E-state index contributed by atoms with van der Waals surface area (Å²) < 4.78 is 12.9. The fraction of sp³-hybridized carbons (Fsp3) is 0.300. The Hall–Kier alpha value is -3.70. The normalized spacial score (nSPS) is 20.6. The van der Waals surface area contributed by atoms with Gasteiger partial charge in [0.1, 0.15) is 0 Å². The number of benzene rings is 3. The first-order valence-corrected chi connectivity index (χ1v) is 13.8. The van der Waals surface area contributed by atoms with Gasteiger partial charge in [0, 0.05) is 34.2 Å². The van der Waals surface area contributed by atoms with Gasteiger partial charge in [0.05, 0.1) is 30.8 Å². The lowest BCUT2D eigenvalue weighted by Gasteiger charge is -2.41. The minimum absolute atomic E-state index is 0.0691. The van der Waals surface area contributed by atoms with Crippen molar-refractivity contribution in [3.05, 3.63) is 95.1 Å². The van der Waals surface area contributed by atoms with E-state index in [1.165, 1.54) is 11.8 Å². The fourth-order valence-electron chi connectivity index (χ4n) is 4.46. The SMILES string of the molecule is C[C@H]1[C@@H](CSc2ccccc2C(=O)O)O[C@@H](c2cccc(NC(=O)CCC(=O)O)c2)O[C@H]1c1ccc(CO)cc1. The highest BCUT2D eigenvalue weighted by molar-refractivity contribution is 7.99. The zero-order valence-electron chi connectivity index (χ0n) is 21.9. The molecule has 4 N–H and O–H groups in total. The summed E-state index contributed by atoms with van der Waals surface area (Å²) in [6.07, 6.45) is -1.87. The van der Waals surface area contributed by atoms with E-state index in [0.29, 0.717) is 21.9 Å². The number of anilines is 1.